The fourth-order valence-electron chi connectivity index (χ4n) is 2.41. The van der Waals surface area contributed by atoms with E-state index in [1.54, 1.807) is 6.92 Å². The third kappa shape index (κ3) is 2.14. The van der Waals surface area contributed by atoms with E-state index in [-0.39, 0.29) is 12.4 Å². The van der Waals surface area contributed by atoms with E-state index in [0.29, 0.717) is 11.6 Å². The van der Waals surface area contributed by atoms with Gasteiger partial charge in [-0.25, -0.2) is 0 Å². The average molecular weight is 289 g/mol. The van der Waals surface area contributed by atoms with Crippen molar-refractivity contribution in [1.82, 2.24) is 0 Å². The molecule has 0 unspecified atom stereocenters. The van der Waals surface area contributed by atoms with Crippen LogP contribution in [0, 0.1) is 0 Å². The fraction of sp³-hybridized carbons (Fsp3) is 0.188. The molecule has 3 rings (SSSR count). The van der Waals surface area contributed by atoms with Crippen molar-refractivity contribution < 1.29 is 13.9 Å². The van der Waals surface area contributed by atoms with Gasteiger partial charge in [-0.1, -0.05) is 29.8 Å². The van der Waals surface area contributed by atoms with Crippen LogP contribution in [-0.4, -0.2) is 12.6 Å². The molecule has 0 fully saturated rings. The molecule has 0 radical (unpaired) electrons. The SMILES string of the molecule is CCOC(=O)Cc1cccc2oc3cccc(Cl)c3c12. The van der Waals surface area contributed by atoms with Crippen molar-refractivity contribution in [2.75, 3.05) is 6.61 Å². The number of hydrogen-bond donors (Lipinski definition) is 0. The first-order valence-electron chi connectivity index (χ1n) is 6.45. The number of halogens is 1. The van der Waals surface area contributed by atoms with Gasteiger partial charge in [-0.05, 0) is 30.7 Å². The Morgan fingerprint density at radius 1 is 1.15 bits per heavy atom. The van der Waals surface area contributed by atoms with Crippen LogP contribution in [0.3, 0.4) is 0 Å². The fourth-order valence-corrected chi connectivity index (χ4v) is 2.67. The number of esters is 1. The van der Waals surface area contributed by atoms with Crippen molar-refractivity contribution in [2.24, 2.45) is 0 Å². The van der Waals surface area contributed by atoms with Crippen LogP contribution in [0.1, 0.15) is 12.5 Å². The minimum absolute atomic E-state index is 0.213. The molecule has 0 atom stereocenters. The summed E-state index contributed by atoms with van der Waals surface area (Å²) < 4.78 is 10.8. The average Bonchev–Trinajstić information content (AvgIpc) is 2.79. The number of benzene rings is 2. The van der Waals surface area contributed by atoms with Crippen LogP contribution in [0.15, 0.2) is 40.8 Å². The lowest BCUT2D eigenvalue weighted by molar-refractivity contribution is -0.142. The van der Waals surface area contributed by atoms with Crippen LogP contribution in [0.4, 0.5) is 0 Å². The van der Waals surface area contributed by atoms with E-state index in [9.17, 15) is 4.79 Å². The van der Waals surface area contributed by atoms with Crippen LogP contribution in [0.5, 0.6) is 0 Å². The summed E-state index contributed by atoms with van der Waals surface area (Å²) in [4.78, 5) is 11.7. The van der Waals surface area contributed by atoms with Crippen molar-refractivity contribution in [2.45, 2.75) is 13.3 Å². The summed E-state index contributed by atoms with van der Waals surface area (Å²) in [5.74, 6) is -0.249. The predicted molar refractivity (Wildman–Crippen MR) is 79.1 cm³/mol. The molecule has 20 heavy (non-hydrogen) atoms. The van der Waals surface area contributed by atoms with Gasteiger partial charge in [0.2, 0.25) is 0 Å². The Labute approximate surface area is 121 Å². The second kappa shape index (κ2) is 5.17. The van der Waals surface area contributed by atoms with Crippen LogP contribution < -0.4 is 0 Å². The van der Waals surface area contributed by atoms with Gasteiger partial charge in [0.05, 0.1) is 18.1 Å². The van der Waals surface area contributed by atoms with Gasteiger partial charge in [-0.2, -0.15) is 0 Å². The second-order valence-corrected chi connectivity index (χ2v) is 4.89. The normalized spacial score (nSPS) is 11.1. The van der Waals surface area contributed by atoms with E-state index in [0.717, 1.165) is 27.5 Å². The largest absolute Gasteiger partial charge is 0.466 e. The molecule has 0 bridgehead atoms. The lowest BCUT2D eigenvalue weighted by atomic mass is 10.0. The quantitative estimate of drug-likeness (QED) is 0.673. The Bertz CT molecular complexity index is 789. The molecular weight excluding hydrogens is 276 g/mol. The lowest BCUT2D eigenvalue weighted by Gasteiger charge is -2.04. The van der Waals surface area contributed by atoms with Crippen LogP contribution in [0.25, 0.3) is 21.9 Å². The molecule has 0 saturated heterocycles. The Balaban J connectivity index is 2.22. The van der Waals surface area contributed by atoms with Crippen molar-refractivity contribution in [3.8, 4) is 0 Å². The number of carbonyl (C=O) groups excluding carboxylic acids is 1. The van der Waals surface area contributed by atoms with Crippen molar-refractivity contribution in [1.29, 1.82) is 0 Å². The van der Waals surface area contributed by atoms with E-state index >= 15 is 0 Å². The molecule has 4 heteroatoms. The van der Waals surface area contributed by atoms with Gasteiger partial charge in [-0.15, -0.1) is 0 Å². The van der Waals surface area contributed by atoms with Crippen molar-refractivity contribution in [3.05, 3.63) is 47.0 Å². The van der Waals surface area contributed by atoms with E-state index in [1.165, 1.54) is 0 Å². The molecule has 0 N–H and O–H groups in total. The molecule has 0 spiro atoms. The van der Waals surface area contributed by atoms with Crippen LogP contribution in [0.2, 0.25) is 5.02 Å². The summed E-state index contributed by atoms with van der Waals surface area (Å²) in [6.45, 7) is 2.17. The molecule has 0 saturated carbocycles. The minimum Gasteiger partial charge on any atom is -0.466 e. The maximum Gasteiger partial charge on any atom is 0.310 e. The number of carbonyl (C=O) groups is 1. The maximum absolute atomic E-state index is 11.7. The maximum atomic E-state index is 11.7. The molecular formula is C16H13ClO3. The third-order valence-corrected chi connectivity index (χ3v) is 3.51. The monoisotopic (exact) mass is 288 g/mol. The number of fused-ring (bicyclic) bond motifs is 3. The Morgan fingerprint density at radius 3 is 2.60 bits per heavy atom. The first-order chi connectivity index (χ1) is 9.70. The summed E-state index contributed by atoms with van der Waals surface area (Å²) in [6, 6.07) is 11.2. The van der Waals surface area contributed by atoms with Gasteiger partial charge in [0, 0.05) is 10.8 Å². The van der Waals surface area contributed by atoms with E-state index in [2.05, 4.69) is 0 Å². The third-order valence-electron chi connectivity index (χ3n) is 3.20. The van der Waals surface area contributed by atoms with E-state index in [4.69, 9.17) is 20.8 Å². The summed E-state index contributed by atoms with van der Waals surface area (Å²) in [5, 5.41) is 2.36. The molecule has 3 nitrogen and oxygen atoms in total. The summed E-state index contributed by atoms with van der Waals surface area (Å²) in [5.41, 5.74) is 2.33. The zero-order chi connectivity index (χ0) is 14.1. The van der Waals surface area contributed by atoms with E-state index in [1.807, 2.05) is 36.4 Å². The first-order valence-corrected chi connectivity index (χ1v) is 6.82. The zero-order valence-corrected chi connectivity index (χ0v) is 11.7. The smallest absolute Gasteiger partial charge is 0.310 e. The molecule has 102 valence electrons. The molecule has 0 aliphatic rings. The Morgan fingerprint density at radius 2 is 1.85 bits per heavy atom. The highest BCUT2D eigenvalue weighted by atomic mass is 35.5. The highest BCUT2D eigenvalue weighted by Gasteiger charge is 2.15. The summed E-state index contributed by atoms with van der Waals surface area (Å²) >= 11 is 6.27. The number of rotatable bonds is 3. The van der Waals surface area contributed by atoms with E-state index < -0.39 is 0 Å². The van der Waals surface area contributed by atoms with Crippen LogP contribution in [-0.2, 0) is 16.0 Å². The standard InChI is InChI=1S/C16H13ClO3/c1-2-19-14(18)9-10-5-3-7-12-15(10)16-11(17)6-4-8-13(16)20-12/h3-8H,2,9H2,1H3. The van der Waals surface area contributed by atoms with Gasteiger partial charge in [0.15, 0.2) is 0 Å². The van der Waals surface area contributed by atoms with Gasteiger partial charge in [-0.3, -0.25) is 4.79 Å². The number of hydrogen-bond acceptors (Lipinski definition) is 3. The summed E-state index contributed by atoms with van der Waals surface area (Å²) in [6.07, 6.45) is 0.213. The Kier molecular flexibility index (Phi) is 3.36. The molecule has 3 aromatic rings. The van der Waals surface area contributed by atoms with Gasteiger partial charge in [0.1, 0.15) is 11.2 Å². The molecule has 0 amide bonds. The predicted octanol–water partition coefficient (Wildman–Crippen LogP) is 4.35. The topological polar surface area (TPSA) is 39.4 Å². The molecule has 1 aromatic heterocycles. The van der Waals surface area contributed by atoms with Gasteiger partial charge < -0.3 is 9.15 Å². The highest BCUT2D eigenvalue weighted by molar-refractivity contribution is 6.37. The van der Waals surface area contributed by atoms with Crippen molar-refractivity contribution >= 4 is 39.5 Å². The molecule has 0 aliphatic carbocycles. The van der Waals surface area contributed by atoms with Gasteiger partial charge >= 0.3 is 5.97 Å². The minimum atomic E-state index is -0.249. The summed E-state index contributed by atoms with van der Waals surface area (Å²) in [7, 11) is 0. The van der Waals surface area contributed by atoms with Crippen molar-refractivity contribution in [3.63, 3.8) is 0 Å². The van der Waals surface area contributed by atoms with Gasteiger partial charge in [0.25, 0.3) is 0 Å². The Hall–Kier alpha value is -2.00. The lowest BCUT2D eigenvalue weighted by Crippen LogP contribution is -2.07. The number of furan rings is 1. The highest BCUT2D eigenvalue weighted by Crippen LogP contribution is 2.36. The second-order valence-electron chi connectivity index (χ2n) is 4.49. The molecule has 1 heterocycles. The molecule has 0 aliphatic heterocycles. The zero-order valence-electron chi connectivity index (χ0n) is 11.0. The first kappa shape index (κ1) is 13.0. The van der Waals surface area contributed by atoms with Crippen LogP contribution >= 0.6 is 11.6 Å². The molecule has 2 aromatic carbocycles. The number of ether oxygens (including phenoxy) is 1.